The molecule has 78 valence electrons. The van der Waals surface area contributed by atoms with Crippen molar-refractivity contribution in [2.45, 2.75) is 0 Å². The highest BCUT2D eigenvalue weighted by molar-refractivity contribution is 7.25. The summed E-state index contributed by atoms with van der Waals surface area (Å²) in [5.74, 6) is 0. The molecule has 0 aliphatic heterocycles. The van der Waals surface area contributed by atoms with Crippen molar-refractivity contribution in [1.29, 1.82) is 5.39 Å². The molecule has 0 saturated carbocycles. The fourth-order valence-electron chi connectivity index (χ4n) is 1.84. The lowest BCUT2D eigenvalue weighted by atomic mass is 10.1. The van der Waals surface area contributed by atoms with Crippen LogP contribution in [0.3, 0.4) is 0 Å². The van der Waals surface area contributed by atoms with Crippen LogP contribution in [0.5, 0.6) is 0 Å². The van der Waals surface area contributed by atoms with Gasteiger partial charge in [0.2, 0.25) is 5.39 Å². The minimum absolute atomic E-state index is 0. The summed E-state index contributed by atoms with van der Waals surface area (Å²) in [7, 11) is 0. The lowest BCUT2D eigenvalue weighted by Gasteiger charge is -1.86. The maximum Gasteiger partial charge on any atom is 0.394 e. The van der Waals surface area contributed by atoms with Gasteiger partial charge in [-0.1, -0.05) is 24.3 Å². The zero-order valence-corrected chi connectivity index (χ0v) is 9.79. The van der Waals surface area contributed by atoms with Gasteiger partial charge < -0.3 is 12.4 Å². The Kier molecular flexibility index (Phi) is 2.78. The molecular formula is C12H7ClN2S. The second-order valence-corrected chi connectivity index (χ2v) is 4.43. The Balaban J connectivity index is 0.000000963. The molecule has 2 nitrogen and oxygen atoms in total. The van der Waals surface area contributed by atoms with Crippen LogP contribution in [0, 0.1) is 5.39 Å². The third-order valence-electron chi connectivity index (χ3n) is 2.49. The Bertz CT molecular complexity index is 697. The minimum Gasteiger partial charge on any atom is -1.00 e. The van der Waals surface area contributed by atoms with Gasteiger partial charge in [-0.25, -0.2) is 0 Å². The fourth-order valence-corrected chi connectivity index (χ4v) is 2.97. The van der Waals surface area contributed by atoms with E-state index in [9.17, 15) is 0 Å². The quantitative estimate of drug-likeness (QED) is 0.553. The highest BCUT2D eigenvalue weighted by Gasteiger charge is 2.15. The first-order chi connectivity index (χ1) is 7.40. The van der Waals surface area contributed by atoms with Crippen LogP contribution < -0.4 is 12.4 Å². The fraction of sp³-hybridized carbons (Fsp3) is 0. The second-order valence-electron chi connectivity index (χ2n) is 3.35. The van der Waals surface area contributed by atoms with Crippen LogP contribution in [-0.4, -0.2) is 0 Å². The zero-order chi connectivity index (χ0) is 10.3. The van der Waals surface area contributed by atoms with Gasteiger partial charge in [0.1, 0.15) is 0 Å². The Hall–Kier alpha value is -1.63. The van der Waals surface area contributed by atoms with Crippen molar-refractivity contribution in [2.24, 2.45) is 0 Å². The number of diazo groups is 1. The predicted octanol–water partition coefficient (Wildman–Crippen LogP) is 1.54. The number of hydrogen-bond donors (Lipinski definition) is 0. The molecule has 0 aliphatic carbocycles. The predicted molar refractivity (Wildman–Crippen MR) is 64.1 cm³/mol. The molecule has 3 rings (SSSR count). The normalized spacial score (nSPS) is 9.94. The molecular weight excluding hydrogens is 240 g/mol. The summed E-state index contributed by atoms with van der Waals surface area (Å²) < 4.78 is 2.38. The molecule has 1 aromatic heterocycles. The number of benzene rings is 2. The van der Waals surface area contributed by atoms with Crippen LogP contribution in [0.4, 0.5) is 5.69 Å². The average molecular weight is 247 g/mol. The highest BCUT2D eigenvalue weighted by Crippen LogP contribution is 2.38. The number of fused-ring (bicyclic) bond motifs is 3. The van der Waals surface area contributed by atoms with Crippen LogP contribution in [0.1, 0.15) is 0 Å². The molecule has 2 aromatic carbocycles. The van der Waals surface area contributed by atoms with Gasteiger partial charge in [-0.2, -0.15) is 0 Å². The van der Waals surface area contributed by atoms with Crippen molar-refractivity contribution in [2.75, 3.05) is 0 Å². The van der Waals surface area contributed by atoms with Crippen LogP contribution in [0.2, 0.25) is 0 Å². The summed E-state index contributed by atoms with van der Waals surface area (Å²) in [5, 5.41) is 11.1. The van der Waals surface area contributed by atoms with E-state index in [1.807, 2.05) is 24.3 Å². The van der Waals surface area contributed by atoms with Crippen LogP contribution in [-0.2, 0) is 0 Å². The largest absolute Gasteiger partial charge is 1.00 e. The van der Waals surface area contributed by atoms with Crippen LogP contribution in [0.15, 0.2) is 42.5 Å². The molecule has 0 atom stereocenters. The van der Waals surface area contributed by atoms with E-state index >= 15 is 0 Å². The minimum atomic E-state index is 0. The summed E-state index contributed by atoms with van der Waals surface area (Å²) in [6.45, 7) is 0. The van der Waals surface area contributed by atoms with Crippen molar-refractivity contribution in [3.05, 3.63) is 47.4 Å². The van der Waals surface area contributed by atoms with E-state index in [0.29, 0.717) is 5.69 Å². The summed E-state index contributed by atoms with van der Waals surface area (Å²) in [5.41, 5.74) is 0.643. The third-order valence-corrected chi connectivity index (χ3v) is 3.62. The second kappa shape index (κ2) is 4.09. The van der Waals surface area contributed by atoms with Gasteiger partial charge in [0.25, 0.3) is 0 Å². The molecule has 0 bridgehead atoms. The van der Waals surface area contributed by atoms with Gasteiger partial charge in [-0.15, -0.1) is 11.3 Å². The number of rotatable bonds is 0. The number of nitrogens with zero attached hydrogens (tertiary/aromatic N) is 2. The van der Waals surface area contributed by atoms with E-state index in [2.05, 4.69) is 23.2 Å². The molecule has 0 radical (unpaired) electrons. The van der Waals surface area contributed by atoms with Crippen molar-refractivity contribution in [1.82, 2.24) is 0 Å². The highest BCUT2D eigenvalue weighted by atomic mass is 35.5. The Labute approximate surface area is 103 Å². The van der Waals surface area contributed by atoms with Crippen LogP contribution in [0.25, 0.3) is 25.1 Å². The molecule has 0 spiro atoms. The molecule has 0 amide bonds. The smallest absolute Gasteiger partial charge is 0.394 e. The molecule has 0 unspecified atom stereocenters. The number of halogens is 1. The molecule has 4 heteroatoms. The average Bonchev–Trinajstić information content (AvgIpc) is 2.67. The van der Waals surface area contributed by atoms with Crippen LogP contribution >= 0.6 is 11.3 Å². The Morgan fingerprint density at radius 1 is 0.938 bits per heavy atom. The summed E-state index contributed by atoms with van der Waals surface area (Å²) in [6.07, 6.45) is 0. The monoisotopic (exact) mass is 246 g/mol. The first kappa shape index (κ1) is 10.9. The molecule has 3 aromatic rings. The van der Waals surface area contributed by atoms with Crippen molar-refractivity contribution in [3.8, 4) is 0 Å². The summed E-state index contributed by atoms with van der Waals surface area (Å²) >= 11 is 1.72. The third kappa shape index (κ3) is 1.44. The van der Waals surface area contributed by atoms with E-state index in [1.54, 1.807) is 11.3 Å². The molecule has 0 aliphatic rings. The summed E-state index contributed by atoms with van der Waals surface area (Å²) in [4.78, 5) is 3.33. The van der Waals surface area contributed by atoms with Gasteiger partial charge in [0.05, 0.1) is 5.39 Å². The summed E-state index contributed by atoms with van der Waals surface area (Å²) in [6, 6.07) is 13.9. The van der Waals surface area contributed by atoms with E-state index < -0.39 is 0 Å². The van der Waals surface area contributed by atoms with E-state index in [-0.39, 0.29) is 12.4 Å². The van der Waals surface area contributed by atoms with Crippen molar-refractivity contribution in [3.63, 3.8) is 0 Å². The van der Waals surface area contributed by atoms with Gasteiger partial charge in [-0.05, 0) is 12.1 Å². The Morgan fingerprint density at radius 3 is 2.50 bits per heavy atom. The first-order valence-corrected chi connectivity index (χ1v) is 5.47. The van der Waals surface area contributed by atoms with E-state index in [4.69, 9.17) is 5.39 Å². The lowest BCUT2D eigenvalue weighted by molar-refractivity contribution is -0.00000296. The van der Waals surface area contributed by atoms with Gasteiger partial charge in [-0.3, -0.25) is 0 Å². The maximum atomic E-state index is 8.94. The SMILES string of the molecule is N#[N+]c1cccc2sc3ccccc3c12.[Cl-]. The van der Waals surface area contributed by atoms with E-state index in [1.165, 1.54) is 4.70 Å². The van der Waals surface area contributed by atoms with Gasteiger partial charge in [0.15, 0.2) is 4.98 Å². The molecule has 16 heavy (non-hydrogen) atoms. The topological polar surface area (TPSA) is 28.1 Å². The molecule has 0 N–H and O–H groups in total. The molecule has 1 heterocycles. The van der Waals surface area contributed by atoms with E-state index in [0.717, 1.165) is 15.5 Å². The Morgan fingerprint density at radius 2 is 1.69 bits per heavy atom. The first-order valence-electron chi connectivity index (χ1n) is 4.65. The van der Waals surface area contributed by atoms with Gasteiger partial charge in [0, 0.05) is 20.9 Å². The lowest BCUT2D eigenvalue weighted by Crippen LogP contribution is -3.00. The molecule has 0 fully saturated rings. The number of hydrogen-bond acceptors (Lipinski definition) is 2. The number of thiophene rings is 1. The maximum absolute atomic E-state index is 8.94. The zero-order valence-electron chi connectivity index (χ0n) is 8.22. The van der Waals surface area contributed by atoms with Crippen molar-refractivity contribution < 1.29 is 12.4 Å². The van der Waals surface area contributed by atoms with Crippen molar-refractivity contribution >= 4 is 37.2 Å². The van der Waals surface area contributed by atoms with Gasteiger partial charge >= 0.3 is 5.69 Å². The standard InChI is InChI=1S/C12H7N2S.ClH/c13-14-9-5-3-7-11-12(9)8-4-1-2-6-10(8)15-11;/h1-7H;1H/q+1;/p-1. The molecule has 0 saturated heterocycles.